The van der Waals surface area contributed by atoms with Crippen molar-refractivity contribution in [2.24, 2.45) is 11.7 Å². The predicted octanol–water partition coefficient (Wildman–Crippen LogP) is 0.300. The molecule has 1 heterocycles. The highest BCUT2D eigenvalue weighted by Gasteiger charge is 2.26. The van der Waals surface area contributed by atoms with E-state index in [-0.39, 0.29) is 6.10 Å². The number of nitrogens with zero attached hydrogens (tertiary/aromatic N) is 1. The van der Waals surface area contributed by atoms with E-state index in [1.165, 1.54) is 0 Å². The fourth-order valence-electron chi connectivity index (χ4n) is 1.56. The van der Waals surface area contributed by atoms with Gasteiger partial charge in [0.15, 0.2) is 0 Å². The van der Waals surface area contributed by atoms with E-state index in [4.69, 9.17) is 10.5 Å². The normalized spacial score (nSPS) is 32.8. The van der Waals surface area contributed by atoms with Crippen molar-refractivity contribution in [3.63, 3.8) is 0 Å². The average Bonchev–Trinajstić information content (AvgIpc) is 2.03. The number of likely N-dealkylation sites (N-methyl/N-ethyl adjacent to an activating group) is 1. The van der Waals surface area contributed by atoms with Gasteiger partial charge in [0.25, 0.3) is 0 Å². The molecule has 0 aromatic rings. The Balaban J connectivity index is 2.45. The van der Waals surface area contributed by atoms with Crippen LogP contribution in [-0.2, 0) is 4.74 Å². The zero-order chi connectivity index (χ0) is 9.14. The average molecular weight is 172 g/mol. The minimum atomic E-state index is 0.233. The molecule has 0 bridgehead atoms. The molecule has 0 radical (unpaired) electrons. The molecule has 12 heavy (non-hydrogen) atoms. The van der Waals surface area contributed by atoms with Crippen molar-refractivity contribution in [3.8, 4) is 0 Å². The maximum absolute atomic E-state index is 5.80. The Morgan fingerprint density at radius 2 is 2.17 bits per heavy atom. The molecule has 0 amide bonds. The van der Waals surface area contributed by atoms with Crippen molar-refractivity contribution < 1.29 is 4.74 Å². The SMILES string of the molecule is CC(C)C1CN(C)CC(CN)O1. The van der Waals surface area contributed by atoms with Gasteiger partial charge in [-0.15, -0.1) is 0 Å². The maximum atomic E-state index is 5.80. The summed E-state index contributed by atoms with van der Waals surface area (Å²) >= 11 is 0. The fraction of sp³-hybridized carbons (Fsp3) is 1.00. The van der Waals surface area contributed by atoms with E-state index in [0.717, 1.165) is 13.1 Å². The number of morpholine rings is 1. The summed E-state index contributed by atoms with van der Waals surface area (Å²) in [5.41, 5.74) is 5.58. The van der Waals surface area contributed by atoms with Crippen LogP contribution in [0.1, 0.15) is 13.8 Å². The maximum Gasteiger partial charge on any atom is 0.0828 e. The Labute approximate surface area is 74.9 Å². The van der Waals surface area contributed by atoms with Crippen molar-refractivity contribution in [2.45, 2.75) is 26.1 Å². The first-order valence-electron chi connectivity index (χ1n) is 4.67. The number of hydrogen-bond donors (Lipinski definition) is 1. The van der Waals surface area contributed by atoms with E-state index in [0.29, 0.717) is 18.6 Å². The second-order valence-corrected chi connectivity index (χ2v) is 4.00. The third-order valence-corrected chi connectivity index (χ3v) is 2.38. The van der Waals surface area contributed by atoms with Gasteiger partial charge in [-0.05, 0) is 13.0 Å². The third kappa shape index (κ3) is 2.44. The molecule has 0 saturated carbocycles. The zero-order valence-corrected chi connectivity index (χ0v) is 8.29. The predicted molar refractivity (Wildman–Crippen MR) is 50.1 cm³/mol. The van der Waals surface area contributed by atoms with Gasteiger partial charge in [0, 0.05) is 19.6 Å². The van der Waals surface area contributed by atoms with Crippen molar-refractivity contribution in [3.05, 3.63) is 0 Å². The molecule has 2 atom stereocenters. The highest BCUT2D eigenvalue weighted by Crippen LogP contribution is 2.15. The molecule has 2 unspecified atom stereocenters. The van der Waals surface area contributed by atoms with E-state index >= 15 is 0 Å². The third-order valence-electron chi connectivity index (χ3n) is 2.38. The van der Waals surface area contributed by atoms with Crippen LogP contribution in [-0.4, -0.2) is 43.8 Å². The topological polar surface area (TPSA) is 38.5 Å². The number of ether oxygens (including phenoxy) is 1. The first-order chi connectivity index (χ1) is 5.63. The lowest BCUT2D eigenvalue weighted by molar-refractivity contribution is -0.0921. The molecule has 1 aliphatic rings. The standard InChI is InChI=1S/C9H20N2O/c1-7(2)9-6-11(3)5-8(4-10)12-9/h7-9H,4-6,10H2,1-3H3. The van der Waals surface area contributed by atoms with Crippen molar-refractivity contribution in [1.82, 2.24) is 4.90 Å². The molecule has 3 nitrogen and oxygen atoms in total. The number of nitrogens with two attached hydrogens (primary N) is 1. The molecule has 0 aromatic carbocycles. The molecular weight excluding hydrogens is 152 g/mol. The molecular formula is C9H20N2O. The van der Waals surface area contributed by atoms with Gasteiger partial charge < -0.3 is 15.4 Å². The Morgan fingerprint density at radius 3 is 2.67 bits per heavy atom. The summed E-state index contributed by atoms with van der Waals surface area (Å²) in [5, 5.41) is 0. The lowest BCUT2D eigenvalue weighted by Crippen LogP contribution is -2.50. The minimum absolute atomic E-state index is 0.233. The summed E-state index contributed by atoms with van der Waals surface area (Å²) in [6.45, 7) is 7.02. The van der Waals surface area contributed by atoms with E-state index in [1.807, 2.05) is 0 Å². The van der Waals surface area contributed by atoms with Crippen molar-refractivity contribution >= 4 is 0 Å². The van der Waals surface area contributed by atoms with Crippen LogP contribution in [0.4, 0.5) is 0 Å². The molecule has 0 aliphatic carbocycles. The molecule has 3 heteroatoms. The van der Waals surface area contributed by atoms with E-state index < -0.39 is 0 Å². The number of rotatable bonds is 2. The van der Waals surface area contributed by atoms with E-state index in [1.54, 1.807) is 0 Å². The Bertz CT molecular complexity index is 138. The molecule has 2 N–H and O–H groups in total. The minimum Gasteiger partial charge on any atom is -0.371 e. The van der Waals surface area contributed by atoms with Gasteiger partial charge >= 0.3 is 0 Å². The highest BCUT2D eigenvalue weighted by atomic mass is 16.5. The second-order valence-electron chi connectivity index (χ2n) is 4.00. The van der Waals surface area contributed by atoms with Crippen LogP contribution in [0.5, 0.6) is 0 Å². The molecule has 0 aromatic heterocycles. The van der Waals surface area contributed by atoms with Gasteiger partial charge in [-0.1, -0.05) is 13.8 Å². The van der Waals surface area contributed by atoms with Gasteiger partial charge in [-0.3, -0.25) is 0 Å². The van der Waals surface area contributed by atoms with Gasteiger partial charge in [0.05, 0.1) is 12.2 Å². The van der Waals surface area contributed by atoms with Crippen molar-refractivity contribution in [2.75, 3.05) is 26.7 Å². The smallest absolute Gasteiger partial charge is 0.0828 e. The Kier molecular flexibility index (Phi) is 3.50. The van der Waals surface area contributed by atoms with Gasteiger partial charge in [0.1, 0.15) is 0 Å². The zero-order valence-electron chi connectivity index (χ0n) is 8.29. The van der Waals surface area contributed by atoms with Crippen LogP contribution in [0, 0.1) is 5.92 Å². The molecule has 1 rings (SSSR count). The summed E-state index contributed by atoms with van der Waals surface area (Å²) in [6.07, 6.45) is 0.591. The summed E-state index contributed by atoms with van der Waals surface area (Å²) in [7, 11) is 2.13. The fourth-order valence-corrected chi connectivity index (χ4v) is 1.56. The van der Waals surface area contributed by atoms with Crippen LogP contribution in [0.25, 0.3) is 0 Å². The lowest BCUT2D eigenvalue weighted by Gasteiger charge is -2.37. The summed E-state index contributed by atoms with van der Waals surface area (Å²) in [4.78, 5) is 2.30. The first kappa shape index (κ1) is 9.96. The van der Waals surface area contributed by atoms with E-state index in [2.05, 4.69) is 25.8 Å². The molecule has 72 valence electrons. The van der Waals surface area contributed by atoms with Crippen LogP contribution in [0.15, 0.2) is 0 Å². The summed E-state index contributed by atoms with van der Waals surface area (Å²) in [5.74, 6) is 0.585. The first-order valence-corrected chi connectivity index (χ1v) is 4.67. The summed E-state index contributed by atoms with van der Waals surface area (Å²) < 4.78 is 5.80. The van der Waals surface area contributed by atoms with Gasteiger partial charge in [-0.2, -0.15) is 0 Å². The summed E-state index contributed by atoms with van der Waals surface area (Å²) in [6, 6.07) is 0. The van der Waals surface area contributed by atoms with Crippen LogP contribution in [0.2, 0.25) is 0 Å². The Hall–Kier alpha value is -0.120. The highest BCUT2D eigenvalue weighted by molar-refractivity contribution is 4.77. The second kappa shape index (κ2) is 4.21. The molecule has 0 spiro atoms. The molecule has 1 saturated heterocycles. The van der Waals surface area contributed by atoms with Crippen LogP contribution >= 0.6 is 0 Å². The van der Waals surface area contributed by atoms with Gasteiger partial charge in [-0.25, -0.2) is 0 Å². The van der Waals surface area contributed by atoms with Crippen molar-refractivity contribution in [1.29, 1.82) is 0 Å². The quantitative estimate of drug-likeness (QED) is 0.651. The lowest BCUT2D eigenvalue weighted by atomic mass is 10.0. The van der Waals surface area contributed by atoms with E-state index in [9.17, 15) is 0 Å². The largest absolute Gasteiger partial charge is 0.371 e. The van der Waals surface area contributed by atoms with Gasteiger partial charge in [0.2, 0.25) is 0 Å². The van der Waals surface area contributed by atoms with Crippen LogP contribution in [0.3, 0.4) is 0 Å². The van der Waals surface area contributed by atoms with Crippen LogP contribution < -0.4 is 5.73 Å². The molecule has 1 fully saturated rings. The monoisotopic (exact) mass is 172 g/mol. The number of hydrogen-bond acceptors (Lipinski definition) is 3. The molecule has 1 aliphatic heterocycles. The Morgan fingerprint density at radius 1 is 1.50 bits per heavy atom.